The summed E-state index contributed by atoms with van der Waals surface area (Å²) in [5.41, 5.74) is 0. The SMILES string of the molecule is CO[SiH2]CC(C)NC(=O)OCC1CO1. The molecule has 0 aromatic rings. The molecule has 0 aromatic heterocycles. The van der Waals surface area contributed by atoms with Gasteiger partial charge in [-0.1, -0.05) is 0 Å². The molecule has 5 nitrogen and oxygen atoms in total. The van der Waals surface area contributed by atoms with E-state index in [0.29, 0.717) is 13.2 Å². The number of epoxide rings is 1. The van der Waals surface area contributed by atoms with Gasteiger partial charge in [0.15, 0.2) is 9.76 Å². The topological polar surface area (TPSA) is 60.1 Å². The Bertz CT molecular complexity index is 186. The first-order valence-corrected chi connectivity index (χ1v) is 6.34. The van der Waals surface area contributed by atoms with Crippen molar-refractivity contribution in [1.82, 2.24) is 5.32 Å². The van der Waals surface area contributed by atoms with Crippen molar-refractivity contribution in [3.63, 3.8) is 0 Å². The highest BCUT2D eigenvalue weighted by Crippen LogP contribution is 2.08. The summed E-state index contributed by atoms with van der Waals surface area (Å²) in [6, 6.07) is 1.06. The van der Waals surface area contributed by atoms with Gasteiger partial charge in [0.1, 0.15) is 12.7 Å². The predicted molar refractivity (Wildman–Crippen MR) is 54.0 cm³/mol. The monoisotopic (exact) mass is 219 g/mol. The largest absolute Gasteiger partial charge is 0.447 e. The fourth-order valence-corrected chi connectivity index (χ4v) is 1.68. The highest BCUT2D eigenvalue weighted by atomic mass is 28.2. The Morgan fingerprint density at radius 1 is 1.79 bits per heavy atom. The van der Waals surface area contributed by atoms with Crippen LogP contribution in [-0.4, -0.2) is 48.3 Å². The number of hydrogen-bond acceptors (Lipinski definition) is 4. The van der Waals surface area contributed by atoms with Crippen LogP contribution in [0.3, 0.4) is 0 Å². The highest BCUT2D eigenvalue weighted by molar-refractivity contribution is 6.27. The van der Waals surface area contributed by atoms with Gasteiger partial charge in [0, 0.05) is 13.2 Å². The van der Waals surface area contributed by atoms with Crippen LogP contribution in [-0.2, 0) is 13.9 Å². The molecule has 1 aliphatic heterocycles. The van der Waals surface area contributed by atoms with Crippen LogP contribution in [0.1, 0.15) is 6.92 Å². The van der Waals surface area contributed by atoms with Crippen LogP contribution in [0.5, 0.6) is 0 Å². The van der Waals surface area contributed by atoms with Gasteiger partial charge in [-0.05, 0) is 13.0 Å². The van der Waals surface area contributed by atoms with Gasteiger partial charge in [0.25, 0.3) is 0 Å². The van der Waals surface area contributed by atoms with Gasteiger partial charge in [-0.15, -0.1) is 0 Å². The van der Waals surface area contributed by atoms with E-state index in [-0.39, 0.29) is 18.2 Å². The lowest BCUT2D eigenvalue weighted by Gasteiger charge is -2.12. The molecular weight excluding hydrogens is 202 g/mol. The van der Waals surface area contributed by atoms with Gasteiger partial charge >= 0.3 is 6.09 Å². The zero-order valence-corrected chi connectivity index (χ0v) is 10.0. The summed E-state index contributed by atoms with van der Waals surface area (Å²) in [5.74, 6) is 0. The van der Waals surface area contributed by atoms with Crippen molar-refractivity contribution in [3.8, 4) is 0 Å². The molecule has 0 spiro atoms. The van der Waals surface area contributed by atoms with E-state index >= 15 is 0 Å². The van der Waals surface area contributed by atoms with Gasteiger partial charge in [-0.2, -0.15) is 0 Å². The second kappa shape index (κ2) is 6.00. The van der Waals surface area contributed by atoms with Gasteiger partial charge in [0.05, 0.1) is 6.61 Å². The second-order valence-corrected chi connectivity index (χ2v) is 4.94. The van der Waals surface area contributed by atoms with E-state index in [0.717, 1.165) is 6.04 Å². The summed E-state index contributed by atoms with van der Waals surface area (Å²) in [6.45, 7) is 3.01. The molecule has 1 aliphatic rings. The quantitative estimate of drug-likeness (QED) is 0.490. The van der Waals surface area contributed by atoms with E-state index < -0.39 is 9.76 Å². The minimum absolute atomic E-state index is 0.129. The fourth-order valence-electron chi connectivity index (χ4n) is 0.943. The normalized spacial score (nSPS) is 22.3. The van der Waals surface area contributed by atoms with Crippen LogP contribution in [0.2, 0.25) is 6.04 Å². The molecule has 1 saturated heterocycles. The number of amides is 1. The van der Waals surface area contributed by atoms with Gasteiger partial charge < -0.3 is 19.2 Å². The fraction of sp³-hybridized carbons (Fsp3) is 0.875. The predicted octanol–water partition coefficient (Wildman–Crippen LogP) is -0.352. The number of carbonyl (C=O) groups is 1. The van der Waals surface area contributed by atoms with Crippen molar-refractivity contribution in [3.05, 3.63) is 0 Å². The van der Waals surface area contributed by atoms with Crippen LogP contribution in [0.15, 0.2) is 0 Å². The van der Waals surface area contributed by atoms with Crippen LogP contribution in [0.4, 0.5) is 4.79 Å². The molecule has 1 fully saturated rings. The summed E-state index contributed by atoms with van der Waals surface area (Å²) in [5, 5.41) is 2.74. The number of ether oxygens (including phenoxy) is 2. The third kappa shape index (κ3) is 5.20. The molecule has 2 atom stereocenters. The molecule has 0 saturated carbocycles. The van der Waals surface area contributed by atoms with E-state index in [9.17, 15) is 4.79 Å². The number of nitrogens with one attached hydrogen (secondary N) is 1. The minimum atomic E-state index is -0.481. The summed E-state index contributed by atoms with van der Waals surface area (Å²) in [7, 11) is 1.22. The number of carbonyl (C=O) groups excluding carboxylic acids is 1. The molecule has 0 radical (unpaired) electrons. The molecule has 2 unspecified atom stereocenters. The Hall–Kier alpha value is -0.593. The van der Waals surface area contributed by atoms with E-state index in [2.05, 4.69) is 5.32 Å². The van der Waals surface area contributed by atoms with Gasteiger partial charge in [0.2, 0.25) is 0 Å². The first-order valence-electron chi connectivity index (χ1n) is 4.76. The lowest BCUT2D eigenvalue weighted by molar-refractivity contribution is 0.133. The molecule has 1 N–H and O–H groups in total. The molecule has 82 valence electrons. The number of rotatable bonds is 6. The Labute approximate surface area is 86.0 Å². The lowest BCUT2D eigenvalue weighted by Crippen LogP contribution is -2.34. The summed E-state index contributed by atoms with van der Waals surface area (Å²) in [6.07, 6.45) is -0.234. The lowest BCUT2D eigenvalue weighted by atomic mass is 10.4. The molecule has 6 heteroatoms. The number of hydrogen-bond donors (Lipinski definition) is 1. The van der Waals surface area contributed by atoms with Crippen molar-refractivity contribution in [1.29, 1.82) is 0 Å². The number of alkyl carbamates (subject to hydrolysis) is 1. The van der Waals surface area contributed by atoms with Crippen LogP contribution >= 0.6 is 0 Å². The zero-order valence-electron chi connectivity index (χ0n) is 8.62. The summed E-state index contributed by atoms with van der Waals surface area (Å²) < 4.78 is 14.9. The minimum Gasteiger partial charge on any atom is -0.447 e. The molecular formula is C8H17NO4Si. The van der Waals surface area contributed by atoms with E-state index in [1.165, 1.54) is 0 Å². The molecule has 14 heavy (non-hydrogen) atoms. The maximum atomic E-state index is 11.1. The molecule has 1 amide bonds. The van der Waals surface area contributed by atoms with Crippen molar-refractivity contribution in [2.24, 2.45) is 0 Å². The van der Waals surface area contributed by atoms with Crippen LogP contribution in [0.25, 0.3) is 0 Å². The van der Waals surface area contributed by atoms with Crippen molar-refractivity contribution in [2.75, 3.05) is 20.3 Å². The molecule has 0 aliphatic carbocycles. The highest BCUT2D eigenvalue weighted by Gasteiger charge is 2.24. The first kappa shape index (κ1) is 11.5. The molecule has 0 bridgehead atoms. The van der Waals surface area contributed by atoms with Crippen molar-refractivity contribution in [2.45, 2.75) is 25.1 Å². The Morgan fingerprint density at radius 3 is 3.07 bits per heavy atom. The summed E-state index contributed by atoms with van der Waals surface area (Å²) in [4.78, 5) is 11.1. The third-order valence-electron chi connectivity index (χ3n) is 1.92. The Morgan fingerprint density at radius 2 is 2.50 bits per heavy atom. The smallest absolute Gasteiger partial charge is 0.407 e. The standard InChI is InChI=1S/C8H17NO4Si/c1-6(5-14-11-2)9-8(10)13-4-7-3-12-7/h6-7H,3-5,14H2,1-2H3,(H,9,10). The second-order valence-electron chi connectivity index (χ2n) is 3.38. The van der Waals surface area contributed by atoms with E-state index in [1.807, 2.05) is 6.92 Å². The van der Waals surface area contributed by atoms with Crippen LogP contribution < -0.4 is 5.32 Å². The zero-order chi connectivity index (χ0) is 10.4. The maximum Gasteiger partial charge on any atom is 0.407 e. The average molecular weight is 219 g/mol. The Balaban J connectivity index is 1.99. The maximum absolute atomic E-state index is 11.1. The molecule has 1 rings (SSSR count). The third-order valence-corrected chi connectivity index (χ3v) is 3.43. The summed E-state index contributed by atoms with van der Waals surface area (Å²) >= 11 is 0. The average Bonchev–Trinajstić information content (AvgIpc) is 2.95. The van der Waals surface area contributed by atoms with Crippen LogP contribution in [0, 0.1) is 0 Å². The van der Waals surface area contributed by atoms with Crippen molar-refractivity contribution >= 4 is 15.9 Å². The first-order chi connectivity index (χ1) is 6.72. The van der Waals surface area contributed by atoms with E-state index in [1.54, 1.807) is 7.11 Å². The van der Waals surface area contributed by atoms with Crippen molar-refractivity contribution < 1.29 is 18.7 Å². The Kier molecular flexibility index (Phi) is 4.92. The molecule has 1 heterocycles. The van der Waals surface area contributed by atoms with E-state index in [4.69, 9.17) is 13.9 Å². The van der Waals surface area contributed by atoms with Gasteiger partial charge in [-0.3, -0.25) is 0 Å². The molecule has 0 aromatic carbocycles. The van der Waals surface area contributed by atoms with Gasteiger partial charge in [-0.25, -0.2) is 4.79 Å².